The molecule has 1 N–H and O–H groups in total. The molecule has 0 radical (unpaired) electrons. The molecular weight excluding hydrogens is 539 g/mol. The highest BCUT2D eigenvalue weighted by Gasteiger charge is 2.30. The fourth-order valence-corrected chi connectivity index (χ4v) is 4.27. The SMILES string of the molecule is O=C(O)c1ccc(Cn2cc(-c3ccc(F)c(F)c3)nc2/C=C/c2ccc(-c3cccc(C(F)(F)F)c3)cc2)cc1. The fourth-order valence-electron chi connectivity index (χ4n) is 4.27. The zero-order valence-electron chi connectivity index (χ0n) is 21.2. The predicted molar refractivity (Wildman–Crippen MR) is 146 cm³/mol. The van der Waals surface area contributed by atoms with Gasteiger partial charge in [-0.1, -0.05) is 54.6 Å². The molecule has 1 heterocycles. The summed E-state index contributed by atoms with van der Waals surface area (Å²) in [5.74, 6) is -2.52. The highest BCUT2D eigenvalue weighted by molar-refractivity contribution is 5.87. The largest absolute Gasteiger partial charge is 0.478 e. The number of hydrogen-bond acceptors (Lipinski definition) is 2. The number of imidazole rings is 1. The first-order valence-electron chi connectivity index (χ1n) is 12.4. The number of aromatic carboxylic acids is 1. The topological polar surface area (TPSA) is 55.1 Å². The minimum atomic E-state index is -4.43. The van der Waals surface area contributed by atoms with Crippen molar-refractivity contribution in [1.82, 2.24) is 9.55 Å². The number of carboxylic acids is 1. The highest BCUT2D eigenvalue weighted by atomic mass is 19.4. The smallest absolute Gasteiger partial charge is 0.416 e. The van der Waals surface area contributed by atoms with Crippen LogP contribution >= 0.6 is 0 Å². The summed E-state index contributed by atoms with van der Waals surface area (Å²) in [4.78, 5) is 15.8. The van der Waals surface area contributed by atoms with E-state index in [4.69, 9.17) is 5.11 Å². The first-order chi connectivity index (χ1) is 19.6. The zero-order chi connectivity index (χ0) is 29.1. The molecule has 9 heteroatoms. The van der Waals surface area contributed by atoms with E-state index in [0.717, 1.165) is 35.4 Å². The van der Waals surface area contributed by atoms with Gasteiger partial charge in [0, 0.05) is 18.3 Å². The van der Waals surface area contributed by atoms with Gasteiger partial charge in [-0.25, -0.2) is 18.6 Å². The third-order valence-corrected chi connectivity index (χ3v) is 6.44. The molecule has 5 rings (SSSR count). The molecule has 0 aliphatic carbocycles. The van der Waals surface area contributed by atoms with E-state index in [1.54, 1.807) is 65.4 Å². The standard InChI is InChI=1S/C32H21F5N2O2/c33-27-14-13-25(17-28(27)34)29-19-39(18-21-6-11-23(12-7-21)31(40)41)30(38-29)15-8-20-4-9-22(10-5-20)24-2-1-3-26(16-24)32(35,36)37/h1-17,19H,18H2,(H,40,41)/b15-8+. The quantitative estimate of drug-likeness (QED) is 0.203. The van der Waals surface area contributed by atoms with Gasteiger partial charge in [-0.05, 0) is 70.8 Å². The Bertz CT molecular complexity index is 1740. The van der Waals surface area contributed by atoms with Gasteiger partial charge in [0.05, 0.1) is 16.8 Å². The van der Waals surface area contributed by atoms with Gasteiger partial charge in [-0.15, -0.1) is 0 Å². The van der Waals surface area contributed by atoms with Crippen molar-refractivity contribution in [3.05, 3.63) is 137 Å². The second-order valence-corrected chi connectivity index (χ2v) is 9.28. The van der Waals surface area contributed by atoms with Crippen molar-refractivity contribution in [3.63, 3.8) is 0 Å². The van der Waals surface area contributed by atoms with Crippen LogP contribution in [-0.2, 0) is 12.7 Å². The van der Waals surface area contributed by atoms with Crippen LogP contribution in [0.2, 0.25) is 0 Å². The monoisotopic (exact) mass is 560 g/mol. The van der Waals surface area contributed by atoms with Crippen molar-refractivity contribution in [2.24, 2.45) is 0 Å². The lowest BCUT2D eigenvalue weighted by atomic mass is 10.0. The van der Waals surface area contributed by atoms with E-state index in [1.165, 1.54) is 24.3 Å². The normalized spacial score (nSPS) is 11.7. The molecule has 0 aliphatic rings. The number of rotatable bonds is 7. The number of halogens is 5. The summed E-state index contributed by atoms with van der Waals surface area (Å²) in [6, 6.07) is 21.9. The van der Waals surface area contributed by atoms with Gasteiger partial charge in [-0.2, -0.15) is 13.2 Å². The molecule has 0 saturated heterocycles. The molecule has 0 spiro atoms. The minimum Gasteiger partial charge on any atom is -0.478 e. The summed E-state index contributed by atoms with van der Waals surface area (Å²) in [5, 5.41) is 9.16. The van der Waals surface area contributed by atoms with E-state index in [2.05, 4.69) is 4.98 Å². The molecule has 0 saturated carbocycles. The van der Waals surface area contributed by atoms with Gasteiger partial charge in [0.25, 0.3) is 0 Å². The van der Waals surface area contributed by atoms with Crippen LogP contribution in [0.4, 0.5) is 22.0 Å². The van der Waals surface area contributed by atoms with Crippen LogP contribution in [-0.4, -0.2) is 20.6 Å². The molecule has 1 aromatic heterocycles. The average Bonchev–Trinajstić information content (AvgIpc) is 3.36. The first kappa shape index (κ1) is 27.5. The van der Waals surface area contributed by atoms with E-state index >= 15 is 0 Å². The van der Waals surface area contributed by atoms with E-state index in [0.29, 0.717) is 34.8 Å². The van der Waals surface area contributed by atoms with Crippen molar-refractivity contribution in [2.75, 3.05) is 0 Å². The van der Waals surface area contributed by atoms with Crippen molar-refractivity contribution >= 4 is 18.1 Å². The second-order valence-electron chi connectivity index (χ2n) is 9.28. The number of hydrogen-bond donors (Lipinski definition) is 1. The lowest BCUT2D eigenvalue weighted by molar-refractivity contribution is -0.137. The number of alkyl halides is 3. The molecule has 0 aliphatic heterocycles. The number of nitrogens with zero attached hydrogens (tertiary/aromatic N) is 2. The Morgan fingerprint density at radius 3 is 2.17 bits per heavy atom. The Hall–Kier alpha value is -5.05. The van der Waals surface area contributed by atoms with Gasteiger partial charge in [0.2, 0.25) is 0 Å². The summed E-state index contributed by atoms with van der Waals surface area (Å²) >= 11 is 0. The second kappa shape index (κ2) is 11.2. The molecule has 4 aromatic carbocycles. The Morgan fingerprint density at radius 2 is 1.51 bits per heavy atom. The van der Waals surface area contributed by atoms with Crippen LogP contribution in [0.5, 0.6) is 0 Å². The lowest BCUT2D eigenvalue weighted by Crippen LogP contribution is -2.04. The first-order valence-corrected chi connectivity index (χ1v) is 12.4. The lowest BCUT2D eigenvalue weighted by Gasteiger charge is -2.09. The molecule has 206 valence electrons. The van der Waals surface area contributed by atoms with Gasteiger partial charge in [0.15, 0.2) is 11.6 Å². The summed E-state index contributed by atoms with van der Waals surface area (Å²) in [7, 11) is 0. The average molecular weight is 561 g/mol. The minimum absolute atomic E-state index is 0.149. The maximum absolute atomic E-state index is 13.9. The molecule has 0 fully saturated rings. The number of carbonyl (C=O) groups is 1. The maximum Gasteiger partial charge on any atom is 0.416 e. The Balaban J connectivity index is 1.44. The van der Waals surface area contributed by atoms with E-state index in [-0.39, 0.29) is 5.56 Å². The summed E-state index contributed by atoms with van der Waals surface area (Å²) in [6.45, 7) is 0.324. The highest BCUT2D eigenvalue weighted by Crippen LogP contribution is 2.32. The van der Waals surface area contributed by atoms with Crippen LogP contribution < -0.4 is 0 Å². The van der Waals surface area contributed by atoms with Crippen molar-refractivity contribution in [1.29, 1.82) is 0 Å². The van der Waals surface area contributed by atoms with Gasteiger partial charge < -0.3 is 9.67 Å². The van der Waals surface area contributed by atoms with E-state index < -0.39 is 29.3 Å². The predicted octanol–water partition coefficient (Wildman–Crippen LogP) is 8.43. The molecule has 0 unspecified atom stereocenters. The molecule has 0 amide bonds. The van der Waals surface area contributed by atoms with E-state index in [1.807, 2.05) is 0 Å². The summed E-state index contributed by atoms with van der Waals surface area (Å²) < 4.78 is 68.5. The third-order valence-electron chi connectivity index (χ3n) is 6.44. The van der Waals surface area contributed by atoms with Crippen LogP contribution in [0.15, 0.2) is 97.2 Å². The van der Waals surface area contributed by atoms with Gasteiger partial charge in [0.1, 0.15) is 5.82 Å². The molecule has 5 aromatic rings. The fraction of sp³-hybridized carbons (Fsp3) is 0.0625. The number of aromatic nitrogens is 2. The summed E-state index contributed by atoms with van der Waals surface area (Å²) in [6.07, 6.45) is 0.761. The third kappa shape index (κ3) is 6.41. The van der Waals surface area contributed by atoms with Crippen molar-refractivity contribution < 1.29 is 31.9 Å². The van der Waals surface area contributed by atoms with Crippen LogP contribution in [0.1, 0.15) is 32.9 Å². The van der Waals surface area contributed by atoms with Crippen LogP contribution in [0.25, 0.3) is 34.5 Å². The Kier molecular flexibility index (Phi) is 7.52. The number of carboxylic acid groups (broad SMARTS) is 1. The maximum atomic E-state index is 13.9. The number of benzene rings is 4. The molecule has 0 atom stereocenters. The molecule has 4 nitrogen and oxygen atoms in total. The zero-order valence-corrected chi connectivity index (χ0v) is 21.2. The molecule has 0 bridgehead atoms. The van der Waals surface area contributed by atoms with Crippen LogP contribution in [0.3, 0.4) is 0 Å². The van der Waals surface area contributed by atoms with Gasteiger partial charge >= 0.3 is 12.1 Å². The Labute approximate surface area is 231 Å². The molecule has 41 heavy (non-hydrogen) atoms. The molecular formula is C32H21F5N2O2. The van der Waals surface area contributed by atoms with Crippen molar-refractivity contribution in [3.8, 4) is 22.4 Å². The van der Waals surface area contributed by atoms with E-state index in [9.17, 15) is 26.7 Å². The Morgan fingerprint density at radius 1 is 0.805 bits per heavy atom. The van der Waals surface area contributed by atoms with Crippen LogP contribution in [0, 0.1) is 11.6 Å². The van der Waals surface area contributed by atoms with Gasteiger partial charge in [-0.3, -0.25) is 0 Å². The van der Waals surface area contributed by atoms with Crippen molar-refractivity contribution in [2.45, 2.75) is 12.7 Å². The summed E-state index contributed by atoms with van der Waals surface area (Å²) in [5.41, 5.74) is 2.83.